The van der Waals surface area contributed by atoms with Crippen LogP contribution in [-0.4, -0.2) is 72.5 Å². The molecule has 0 saturated carbocycles. The summed E-state index contributed by atoms with van der Waals surface area (Å²) in [5.74, 6) is -3.20. The van der Waals surface area contributed by atoms with Crippen molar-refractivity contribution in [3.63, 3.8) is 0 Å². The van der Waals surface area contributed by atoms with Crippen molar-refractivity contribution < 1.29 is 46.6 Å². The first-order valence-corrected chi connectivity index (χ1v) is 12.8. The van der Waals surface area contributed by atoms with Gasteiger partial charge in [0, 0.05) is 13.2 Å². The van der Waals surface area contributed by atoms with Gasteiger partial charge in [0.1, 0.15) is 23.9 Å². The lowest BCUT2D eigenvalue weighted by Gasteiger charge is -2.35. The summed E-state index contributed by atoms with van der Waals surface area (Å²) in [6.45, 7) is 7.31. The number of cyclic esters (lactones) is 1. The van der Waals surface area contributed by atoms with Crippen LogP contribution in [0.4, 0.5) is 13.2 Å². The fraction of sp³-hybridized carbons (Fsp3) is 0.600. The third-order valence-electron chi connectivity index (χ3n) is 6.28. The topological polar surface area (TPSA) is 123 Å². The van der Waals surface area contributed by atoms with Crippen molar-refractivity contribution in [3.05, 3.63) is 28.8 Å². The summed E-state index contributed by atoms with van der Waals surface area (Å²) < 4.78 is 52.5. The Balaban J connectivity index is 1.77. The van der Waals surface area contributed by atoms with Gasteiger partial charge >= 0.3 is 12.3 Å². The highest BCUT2D eigenvalue weighted by molar-refractivity contribution is 6.35. The van der Waals surface area contributed by atoms with Gasteiger partial charge in [0.05, 0.1) is 17.0 Å². The highest BCUT2D eigenvalue weighted by atomic mass is 35.5. The predicted octanol–water partition coefficient (Wildman–Crippen LogP) is 3.17. The second-order valence-corrected chi connectivity index (χ2v) is 10.6. The number of alkyl halides is 3. The first kappa shape index (κ1) is 30.5. The van der Waals surface area contributed by atoms with Gasteiger partial charge in [-0.3, -0.25) is 19.2 Å². The average molecular weight is 578 g/mol. The molecule has 2 fully saturated rings. The molecule has 2 heterocycles. The van der Waals surface area contributed by atoms with Crippen LogP contribution in [0.5, 0.6) is 5.75 Å². The molecule has 0 aliphatic carbocycles. The maximum Gasteiger partial charge on any atom is 0.573 e. The molecule has 4 atom stereocenters. The van der Waals surface area contributed by atoms with Crippen molar-refractivity contribution in [2.75, 3.05) is 13.2 Å². The maximum absolute atomic E-state index is 13.7. The van der Waals surface area contributed by atoms with E-state index in [9.17, 15) is 32.3 Å². The second-order valence-electron chi connectivity index (χ2n) is 10.3. The van der Waals surface area contributed by atoms with E-state index in [2.05, 4.69) is 15.4 Å². The molecule has 2 saturated heterocycles. The standard InChI is InChI=1S/C25H31ClF3N3O7/c1-5-37-23-14(12-17(33)38-23)30-21(35)15-9-7-11-32(15)22(36)19(24(2,3)4)31-20(34)13-8-6-10-16(18(13)26)39-25(27,28)29/h6,8,10,14-15,19,23H,5,7,9,11-12H2,1-4H3,(H,30,35)(H,31,34)/t14-,15+,19-,23-/m1/s1. The van der Waals surface area contributed by atoms with Gasteiger partial charge in [-0.25, -0.2) is 0 Å². The molecule has 2 aliphatic heterocycles. The molecule has 10 nitrogen and oxygen atoms in total. The summed E-state index contributed by atoms with van der Waals surface area (Å²) in [5.41, 5.74) is -1.17. The van der Waals surface area contributed by atoms with Crippen LogP contribution >= 0.6 is 11.6 Å². The minimum Gasteiger partial charge on any atom is -0.433 e. The van der Waals surface area contributed by atoms with Crippen molar-refractivity contribution in [3.8, 4) is 5.75 Å². The molecule has 0 unspecified atom stereocenters. The lowest BCUT2D eigenvalue weighted by molar-refractivity contribution is -0.274. The van der Waals surface area contributed by atoms with Crippen LogP contribution in [0.15, 0.2) is 18.2 Å². The van der Waals surface area contributed by atoms with Gasteiger partial charge in [0.2, 0.25) is 18.1 Å². The number of nitrogens with zero attached hydrogens (tertiary/aromatic N) is 1. The number of nitrogens with one attached hydrogen (secondary N) is 2. The summed E-state index contributed by atoms with van der Waals surface area (Å²) >= 11 is 6.03. The van der Waals surface area contributed by atoms with Crippen LogP contribution in [0, 0.1) is 5.41 Å². The van der Waals surface area contributed by atoms with Crippen LogP contribution in [0.2, 0.25) is 5.02 Å². The highest BCUT2D eigenvalue weighted by Crippen LogP contribution is 2.33. The predicted molar refractivity (Wildman–Crippen MR) is 132 cm³/mol. The second kappa shape index (κ2) is 12.0. The number of carbonyl (C=O) groups is 4. The van der Waals surface area contributed by atoms with Crippen LogP contribution in [0.25, 0.3) is 0 Å². The van der Waals surface area contributed by atoms with Crippen LogP contribution in [-0.2, 0) is 23.9 Å². The fourth-order valence-corrected chi connectivity index (χ4v) is 4.71. The zero-order chi connectivity index (χ0) is 29.1. The minimum absolute atomic E-state index is 0.0738. The number of carbonyl (C=O) groups excluding carboxylic acids is 4. The van der Waals surface area contributed by atoms with Crippen LogP contribution in [0.3, 0.4) is 0 Å². The summed E-state index contributed by atoms with van der Waals surface area (Å²) in [6.07, 6.45) is -5.15. The lowest BCUT2D eigenvalue weighted by atomic mass is 9.85. The molecule has 14 heteroatoms. The maximum atomic E-state index is 13.7. The lowest BCUT2D eigenvalue weighted by Crippen LogP contribution is -2.58. The molecule has 0 spiro atoms. The first-order valence-electron chi connectivity index (χ1n) is 12.4. The van der Waals surface area contributed by atoms with Gasteiger partial charge < -0.3 is 29.7 Å². The number of rotatable bonds is 8. The number of likely N-dealkylation sites (tertiary alicyclic amines) is 1. The molecule has 3 rings (SSSR count). The first-order chi connectivity index (χ1) is 18.1. The van der Waals surface area contributed by atoms with Gasteiger partial charge in [-0.15, -0.1) is 13.2 Å². The third kappa shape index (κ3) is 7.53. The van der Waals surface area contributed by atoms with Crippen molar-refractivity contribution >= 4 is 35.3 Å². The molecule has 1 aromatic carbocycles. The Bertz CT molecular complexity index is 1110. The van der Waals surface area contributed by atoms with Crippen molar-refractivity contribution in [2.45, 2.75) is 77.7 Å². The molecule has 0 aromatic heterocycles. The van der Waals surface area contributed by atoms with Gasteiger partial charge in [-0.1, -0.05) is 38.4 Å². The number of amides is 3. The van der Waals surface area contributed by atoms with E-state index in [-0.39, 0.29) is 25.1 Å². The van der Waals surface area contributed by atoms with Crippen molar-refractivity contribution in [1.82, 2.24) is 15.5 Å². The molecule has 0 bridgehead atoms. The van der Waals surface area contributed by atoms with E-state index in [1.807, 2.05) is 0 Å². The van der Waals surface area contributed by atoms with E-state index in [0.29, 0.717) is 12.8 Å². The Morgan fingerprint density at radius 2 is 1.92 bits per heavy atom. The Labute approximate surface area is 228 Å². The number of hydrogen-bond acceptors (Lipinski definition) is 7. The Morgan fingerprint density at radius 1 is 1.23 bits per heavy atom. The van der Waals surface area contributed by atoms with Crippen molar-refractivity contribution in [2.24, 2.45) is 5.41 Å². The van der Waals surface area contributed by atoms with E-state index in [1.165, 1.54) is 17.0 Å². The molecule has 39 heavy (non-hydrogen) atoms. The Kier molecular flexibility index (Phi) is 9.37. The monoisotopic (exact) mass is 577 g/mol. The fourth-order valence-electron chi connectivity index (χ4n) is 4.46. The highest BCUT2D eigenvalue weighted by Gasteiger charge is 2.44. The molecule has 0 radical (unpaired) electrons. The third-order valence-corrected chi connectivity index (χ3v) is 6.67. The van der Waals surface area contributed by atoms with E-state index in [1.54, 1.807) is 27.7 Å². The molecule has 216 valence electrons. The van der Waals surface area contributed by atoms with E-state index in [4.69, 9.17) is 21.1 Å². The van der Waals surface area contributed by atoms with Gasteiger partial charge in [0.15, 0.2) is 0 Å². The van der Waals surface area contributed by atoms with Gasteiger partial charge in [-0.2, -0.15) is 0 Å². The minimum atomic E-state index is -5.02. The van der Waals surface area contributed by atoms with Gasteiger partial charge in [0.25, 0.3) is 5.91 Å². The van der Waals surface area contributed by atoms with Crippen LogP contribution in [0.1, 0.15) is 57.3 Å². The molecule has 2 aliphatic rings. The van der Waals surface area contributed by atoms with E-state index >= 15 is 0 Å². The summed E-state index contributed by atoms with van der Waals surface area (Å²) in [5, 5.41) is 4.74. The zero-order valence-corrected chi connectivity index (χ0v) is 22.6. The summed E-state index contributed by atoms with van der Waals surface area (Å²) in [4.78, 5) is 53.0. The molecule has 3 amide bonds. The largest absolute Gasteiger partial charge is 0.573 e. The van der Waals surface area contributed by atoms with Gasteiger partial charge in [-0.05, 0) is 37.3 Å². The summed E-state index contributed by atoms with van der Waals surface area (Å²) in [6, 6.07) is 0.596. The van der Waals surface area contributed by atoms with Crippen molar-refractivity contribution in [1.29, 1.82) is 0 Å². The smallest absolute Gasteiger partial charge is 0.433 e. The molecule has 2 N–H and O–H groups in total. The number of benzene rings is 1. The average Bonchev–Trinajstić information content (AvgIpc) is 3.43. The normalized spacial score (nSPS) is 22.3. The number of esters is 1. The summed E-state index contributed by atoms with van der Waals surface area (Å²) in [7, 11) is 0. The van der Waals surface area contributed by atoms with E-state index in [0.717, 1.165) is 6.07 Å². The number of ether oxygens (including phenoxy) is 3. The SMILES string of the molecule is CCO[C@@H]1OC(=O)C[C@H]1NC(=O)[C@@H]1CCCN1C(=O)[C@@H](NC(=O)c1cccc(OC(F)(F)F)c1Cl)C(C)(C)C. The van der Waals surface area contributed by atoms with Crippen LogP contribution < -0.4 is 15.4 Å². The molecule has 1 aromatic rings. The Hall–Kier alpha value is -3.06. The molecular formula is C25H31ClF3N3O7. The quantitative estimate of drug-likeness (QED) is 0.455. The number of hydrogen-bond donors (Lipinski definition) is 2. The molecular weight excluding hydrogens is 547 g/mol. The van der Waals surface area contributed by atoms with E-state index < -0.39 is 70.7 Å². The Morgan fingerprint density at radius 3 is 2.54 bits per heavy atom. The zero-order valence-electron chi connectivity index (χ0n) is 21.9. The number of halogens is 4.